The Kier molecular flexibility index (Phi) is 4.70. The van der Waals surface area contributed by atoms with E-state index >= 15 is 0 Å². The first-order valence-corrected chi connectivity index (χ1v) is 7.82. The van der Waals surface area contributed by atoms with Crippen LogP contribution < -0.4 is 9.64 Å². The van der Waals surface area contributed by atoms with Crippen molar-refractivity contribution in [2.75, 3.05) is 24.3 Å². The Morgan fingerprint density at radius 2 is 2.20 bits per heavy atom. The molecule has 0 saturated carbocycles. The molecule has 0 aliphatic carbocycles. The molecule has 1 aliphatic heterocycles. The van der Waals surface area contributed by atoms with Gasteiger partial charge in [-0.3, -0.25) is 9.59 Å². The van der Waals surface area contributed by atoms with Crippen LogP contribution in [0.2, 0.25) is 0 Å². The van der Waals surface area contributed by atoms with E-state index in [1.165, 1.54) is 0 Å². The summed E-state index contributed by atoms with van der Waals surface area (Å²) in [5.41, 5.74) is 1.37. The molecular formula is C15H19NO3S. The van der Waals surface area contributed by atoms with Crippen LogP contribution in [0.25, 0.3) is 0 Å². The van der Waals surface area contributed by atoms with Crippen molar-refractivity contribution >= 4 is 29.1 Å². The molecule has 1 aromatic rings. The van der Waals surface area contributed by atoms with Gasteiger partial charge in [-0.15, -0.1) is 0 Å². The average molecular weight is 293 g/mol. The molecule has 0 spiro atoms. The number of rotatable bonds is 5. The summed E-state index contributed by atoms with van der Waals surface area (Å²) in [6.07, 6.45) is 0.813. The second-order valence-electron chi connectivity index (χ2n) is 4.64. The van der Waals surface area contributed by atoms with E-state index in [9.17, 15) is 9.59 Å². The molecule has 0 aromatic heterocycles. The Hall–Kier alpha value is -1.49. The number of likely N-dealkylation sites (N-methyl/N-ethyl adjacent to an activating group) is 1. The normalized spacial score (nSPS) is 15.6. The van der Waals surface area contributed by atoms with Gasteiger partial charge in [0.1, 0.15) is 5.75 Å². The van der Waals surface area contributed by atoms with E-state index in [1.54, 1.807) is 41.9 Å². The van der Waals surface area contributed by atoms with Gasteiger partial charge in [-0.05, 0) is 30.4 Å². The predicted octanol–water partition coefficient (Wildman–Crippen LogP) is 2.76. The van der Waals surface area contributed by atoms with Crippen molar-refractivity contribution in [3.63, 3.8) is 0 Å². The summed E-state index contributed by atoms with van der Waals surface area (Å²) in [5, 5.41) is -0.0130. The number of nitrogens with zero attached hydrogens (tertiary/aromatic N) is 1. The first-order chi connectivity index (χ1) is 9.58. The van der Waals surface area contributed by atoms with Gasteiger partial charge in [-0.1, -0.05) is 13.8 Å². The lowest BCUT2D eigenvalue weighted by molar-refractivity contribution is -0.120. The van der Waals surface area contributed by atoms with Crippen molar-refractivity contribution in [2.45, 2.75) is 25.5 Å². The van der Waals surface area contributed by atoms with E-state index in [0.29, 0.717) is 17.0 Å². The van der Waals surface area contributed by atoms with Crippen molar-refractivity contribution in [1.82, 2.24) is 0 Å². The van der Waals surface area contributed by atoms with Crippen LogP contribution in [0.15, 0.2) is 18.2 Å². The number of ether oxygens (including phenoxy) is 1. The van der Waals surface area contributed by atoms with E-state index in [1.807, 2.05) is 6.92 Å². The molecule has 0 bridgehead atoms. The van der Waals surface area contributed by atoms with E-state index in [0.717, 1.165) is 12.2 Å². The Labute approximate surface area is 123 Å². The van der Waals surface area contributed by atoms with Crippen molar-refractivity contribution in [3.05, 3.63) is 23.8 Å². The van der Waals surface area contributed by atoms with Gasteiger partial charge in [0.25, 0.3) is 5.91 Å². The number of carbonyl (C=O) groups excluding carboxylic acids is 2. The number of benzene rings is 1. The number of fused-ring (bicyclic) bond motifs is 1. The summed E-state index contributed by atoms with van der Waals surface area (Å²) >= 11 is 1.66. The third-order valence-electron chi connectivity index (χ3n) is 3.36. The molecule has 2 rings (SSSR count). The maximum Gasteiger partial charge on any atom is 0.264 e. The van der Waals surface area contributed by atoms with Gasteiger partial charge in [-0.25, -0.2) is 0 Å². The van der Waals surface area contributed by atoms with Gasteiger partial charge in [0.2, 0.25) is 0 Å². The smallest absolute Gasteiger partial charge is 0.264 e. The first kappa shape index (κ1) is 14.9. The zero-order chi connectivity index (χ0) is 14.7. The molecule has 108 valence electrons. The zero-order valence-corrected chi connectivity index (χ0v) is 12.8. The van der Waals surface area contributed by atoms with Crippen molar-refractivity contribution in [3.8, 4) is 5.75 Å². The van der Waals surface area contributed by atoms with E-state index < -0.39 is 0 Å². The Bertz CT molecular complexity index is 530. The molecule has 1 amide bonds. The highest BCUT2D eigenvalue weighted by atomic mass is 32.2. The predicted molar refractivity (Wildman–Crippen MR) is 81.9 cm³/mol. The molecule has 4 nitrogen and oxygen atoms in total. The highest BCUT2D eigenvalue weighted by Gasteiger charge is 2.25. The molecule has 0 N–H and O–H groups in total. The summed E-state index contributed by atoms with van der Waals surface area (Å²) in [5.74, 6) is 1.58. The maximum atomic E-state index is 12.4. The van der Waals surface area contributed by atoms with Crippen LogP contribution >= 0.6 is 11.8 Å². The lowest BCUT2D eigenvalue weighted by Crippen LogP contribution is -2.35. The fraction of sp³-hybridized carbons (Fsp3) is 0.467. The molecule has 0 fully saturated rings. The van der Waals surface area contributed by atoms with E-state index in [-0.39, 0.29) is 23.5 Å². The number of amides is 1. The highest BCUT2D eigenvalue weighted by Crippen LogP contribution is 2.33. The van der Waals surface area contributed by atoms with Gasteiger partial charge in [0, 0.05) is 12.6 Å². The summed E-state index contributed by atoms with van der Waals surface area (Å²) in [6, 6.07) is 5.31. The summed E-state index contributed by atoms with van der Waals surface area (Å²) in [6.45, 7) is 4.10. The number of hydrogen-bond acceptors (Lipinski definition) is 4. The molecule has 20 heavy (non-hydrogen) atoms. The second-order valence-corrected chi connectivity index (χ2v) is 6.12. The fourth-order valence-electron chi connectivity index (χ4n) is 2.20. The topological polar surface area (TPSA) is 46.6 Å². The van der Waals surface area contributed by atoms with Crippen LogP contribution in [0, 0.1) is 0 Å². The van der Waals surface area contributed by atoms with Gasteiger partial charge in [0.05, 0.1) is 10.9 Å². The summed E-state index contributed by atoms with van der Waals surface area (Å²) in [7, 11) is 1.72. The molecule has 0 radical (unpaired) electrons. The van der Waals surface area contributed by atoms with Crippen LogP contribution in [0.3, 0.4) is 0 Å². The Morgan fingerprint density at radius 1 is 1.45 bits per heavy atom. The van der Waals surface area contributed by atoms with Crippen LogP contribution in [0.1, 0.15) is 30.6 Å². The summed E-state index contributed by atoms with van der Waals surface area (Å²) in [4.78, 5) is 25.5. The number of hydrogen-bond donors (Lipinski definition) is 0. The molecule has 1 heterocycles. The molecule has 1 aliphatic rings. The Balaban J connectivity index is 2.27. The molecule has 1 atom stereocenters. The van der Waals surface area contributed by atoms with Crippen molar-refractivity contribution in [2.24, 2.45) is 0 Å². The first-order valence-electron chi connectivity index (χ1n) is 6.77. The van der Waals surface area contributed by atoms with E-state index in [2.05, 4.69) is 6.92 Å². The highest BCUT2D eigenvalue weighted by molar-refractivity contribution is 8.00. The molecular weight excluding hydrogens is 274 g/mol. The monoisotopic (exact) mass is 293 g/mol. The number of anilines is 1. The molecule has 0 saturated heterocycles. The van der Waals surface area contributed by atoms with Gasteiger partial charge in [-0.2, -0.15) is 11.8 Å². The largest absolute Gasteiger partial charge is 0.482 e. The molecule has 5 heteroatoms. The zero-order valence-electron chi connectivity index (χ0n) is 12.0. The van der Waals surface area contributed by atoms with Gasteiger partial charge < -0.3 is 9.64 Å². The standard InChI is InChI=1S/C15H19NO3S/c1-4-13(20-5-2)15(18)10-6-7-11-12(8-10)19-9-14(17)16(11)3/h6-8,13H,4-5,9H2,1-3H3. The van der Waals surface area contributed by atoms with Crippen LogP contribution in [0.4, 0.5) is 5.69 Å². The van der Waals surface area contributed by atoms with Crippen LogP contribution in [-0.4, -0.2) is 36.3 Å². The average Bonchev–Trinajstić information content (AvgIpc) is 2.47. The van der Waals surface area contributed by atoms with Crippen molar-refractivity contribution < 1.29 is 14.3 Å². The number of ketones is 1. The Morgan fingerprint density at radius 3 is 2.85 bits per heavy atom. The third kappa shape index (κ3) is 2.82. The molecule has 1 aromatic carbocycles. The molecule has 1 unspecified atom stereocenters. The minimum Gasteiger partial charge on any atom is -0.482 e. The summed E-state index contributed by atoms with van der Waals surface area (Å²) < 4.78 is 5.42. The minimum absolute atomic E-state index is 0.0130. The lowest BCUT2D eigenvalue weighted by Gasteiger charge is -2.26. The van der Waals surface area contributed by atoms with E-state index in [4.69, 9.17) is 4.74 Å². The lowest BCUT2D eigenvalue weighted by atomic mass is 10.0. The quantitative estimate of drug-likeness (QED) is 0.783. The SMILES string of the molecule is CCSC(CC)C(=O)c1ccc2c(c1)OCC(=O)N2C. The third-order valence-corrected chi connectivity index (χ3v) is 4.65. The number of thioether (sulfide) groups is 1. The van der Waals surface area contributed by atoms with Crippen LogP contribution in [0.5, 0.6) is 5.75 Å². The van der Waals surface area contributed by atoms with Gasteiger partial charge >= 0.3 is 0 Å². The number of Topliss-reactive ketones (excluding diaryl/α,β-unsaturated/α-hetero) is 1. The maximum absolute atomic E-state index is 12.4. The van der Waals surface area contributed by atoms with Crippen molar-refractivity contribution in [1.29, 1.82) is 0 Å². The second kappa shape index (κ2) is 6.31. The minimum atomic E-state index is -0.0791. The van der Waals surface area contributed by atoms with Gasteiger partial charge in [0.15, 0.2) is 12.4 Å². The van der Waals surface area contributed by atoms with Crippen LogP contribution in [-0.2, 0) is 4.79 Å². The fourth-order valence-corrected chi connectivity index (χ4v) is 3.12. The number of carbonyl (C=O) groups is 2.